The van der Waals surface area contributed by atoms with Gasteiger partial charge < -0.3 is 9.64 Å². The van der Waals surface area contributed by atoms with Crippen LogP contribution in [0.5, 0.6) is 0 Å². The van der Waals surface area contributed by atoms with E-state index in [1.54, 1.807) is 23.1 Å². The number of fused-ring (bicyclic) bond motifs is 1. The molecule has 10 heteroatoms. The highest BCUT2D eigenvalue weighted by Crippen LogP contribution is 2.24. The van der Waals surface area contributed by atoms with Crippen LogP contribution in [0.4, 0.5) is 5.69 Å². The van der Waals surface area contributed by atoms with E-state index in [-0.39, 0.29) is 28.6 Å². The number of nitrogens with zero attached hydrogens (tertiary/aromatic N) is 2. The second-order valence-electron chi connectivity index (χ2n) is 7.80. The molecule has 1 saturated heterocycles. The van der Waals surface area contributed by atoms with Gasteiger partial charge in [-0.05, 0) is 55.3 Å². The lowest BCUT2D eigenvalue weighted by atomic mass is 10.1. The Labute approximate surface area is 190 Å². The lowest BCUT2D eigenvalue weighted by Crippen LogP contribution is -2.41. The zero-order valence-electron chi connectivity index (χ0n) is 18.0. The fourth-order valence-corrected chi connectivity index (χ4v) is 5.73. The van der Waals surface area contributed by atoms with Gasteiger partial charge in [0.2, 0.25) is 5.91 Å². The number of carbonyl (C=O) groups is 1. The van der Waals surface area contributed by atoms with Gasteiger partial charge in [0, 0.05) is 31.7 Å². The van der Waals surface area contributed by atoms with Gasteiger partial charge in [-0.1, -0.05) is 17.4 Å². The molecule has 1 aliphatic heterocycles. The fraction of sp³-hybridized carbons (Fsp3) is 0.364. The molecular formula is C22H25N3O5S2. The summed E-state index contributed by atoms with van der Waals surface area (Å²) in [4.78, 5) is 26.5. The molecule has 0 aliphatic carbocycles. The average molecular weight is 476 g/mol. The van der Waals surface area contributed by atoms with E-state index in [1.165, 1.54) is 16.7 Å². The Bertz CT molecular complexity index is 1320. The van der Waals surface area contributed by atoms with Crippen LogP contribution in [0.25, 0.3) is 10.2 Å². The predicted molar refractivity (Wildman–Crippen MR) is 125 cm³/mol. The molecule has 4 rings (SSSR count). The van der Waals surface area contributed by atoms with Crippen molar-refractivity contribution in [2.75, 3.05) is 31.0 Å². The molecule has 0 bridgehead atoms. The number of hydrogen-bond acceptors (Lipinski definition) is 6. The quantitative estimate of drug-likeness (QED) is 0.591. The van der Waals surface area contributed by atoms with Crippen molar-refractivity contribution in [2.24, 2.45) is 0 Å². The van der Waals surface area contributed by atoms with E-state index >= 15 is 0 Å². The van der Waals surface area contributed by atoms with Gasteiger partial charge in [-0.2, -0.15) is 0 Å². The first-order chi connectivity index (χ1) is 15.2. The first-order valence-electron chi connectivity index (χ1n) is 10.3. The van der Waals surface area contributed by atoms with Crippen molar-refractivity contribution in [3.63, 3.8) is 0 Å². The number of hydrogen-bond donors (Lipinski definition) is 1. The molecule has 0 radical (unpaired) electrons. The van der Waals surface area contributed by atoms with Crippen LogP contribution in [-0.2, 0) is 26.1 Å². The van der Waals surface area contributed by atoms with Gasteiger partial charge >= 0.3 is 4.87 Å². The highest BCUT2D eigenvalue weighted by Gasteiger charge is 2.20. The van der Waals surface area contributed by atoms with Gasteiger partial charge in [-0.25, -0.2) is 8.42 Å². The van der Waals surface area contributed by atoms with Gasteiger partial charge in [0.1, 0.15) is 0 Å². The first kappa shape index (κ1) is 22.5. The van der Waals surface area contributed by atoms with Gasteiger partial charge in [0.25, 0.3) is 10.0 Å². The number of sulfonamides is 1. The molecule has 170 valence electrons. The lowest BCUT2D eigenvalue weighted by Gasteiger charge is -2.26. The summed E-state index contributed by atoms with van der Waals surface area (Å²) in [6.07, 6.45) is 0.208. The third-order valence-electron chi connectivity index (χ3n) is 5.62. The molecule has 2 aromatic carbocycles. The summed E-state index contributed by atoms with van der Waals surface area (Å²) in [5, 5.41) is 0. The number of aromatic nitrogens is 1. The Balaban J connectivity index is 1.54. The van der Waals surface area contributed by atoms with Gasteiger partial charge in [-0.3, -0.25) is 18.9 Å². The standard InChI is InChI=1S/C22H25N3O5S2/c1-15-3-4-17(13-16(15)2)23-32(28,29)18-5-6-19-20(14-18)31-22(27)25(19)8-7-21(26)24-9-11-30-12-10-24/h3-6,13-14,23H,7-12H2,1-2H3. The Morgan fingerprint density at radius 2 is 1.84 bits per heavy atom. The molecule has 1 fully saturated rings. The van der Waals surface area contributed by atoms with Crippen LogP contribution < -0.4 is 9.60 Å². The number of thiazole rings is 1. The Morgan fingerprint density at radius 1 is 1.09 bits per heavy atom. The summed E-state index contributed by atoms with van der Waals surface area (Å²) in [5.41, 5.74) is 3.18. The number of morpholine rings is 1. The largest absolute Gasteiger partial charge is 0.378 e. The zero-order valence-corrected chi connectivity index (χ0v) is 19.6. The molecule has 2 heterocycles. The average Bonchev–Trinajstić information content (AvgIpc) is 3.09. The first-order valence-corrected chi connectivity index (χ1v) is 12.6. The van der Waals surface area contributed by atoms with Gasteiger partial charge in [-0.15, -0.1) is 0 Å². The minimum atomic E-state index is -3.81. The topological polar surface area (TPSA) is 97.7 Å². The molecule has 8 nitrogen and oxygen atoms in total. The smallest absolute Gasteiger partial charge is 0.308 e. The molecular weight excluding hydrogens is 450 g/mol. The third-order valence-corrected chi connectivity index (χ3v) is 7.94. The molecule has 0 saturated carbocycles. The molecule has 3 aromatic rings. The third kappa shape index (κ3) is 4.72. The van der Waals surface area contributed by atoms with Crippen molar-refractivity contribution in [3.8, 4) is 0 Å². The summed E-state index contributed by atoms with van der Waals surface area (Å²) in [6.45, 7) is 6.31. The summed E-state index contributed by atoms with van der Waals surface area (Å²) < 4.78 is 35.7. The predicted octanol–water partition coefficient (Wildman–Crippen LogP) is 2.73. The van der Waals surface area contributed by atoms with Crippen LogP contribution in [0.3, 0.4) is 0 Å². The molecule has 0 spiro atoms. The van der Waals surface area contributed by atoms with Gasteiger partial charge in [0.15, 0.2) is 0 Å². The van der Waals surface area contributed by atoms with Crippen LogP contribution >= 0.6 is 11.3 Å². The summed E-state index contributed by atoms with van der Waals surface area (Å²) in [6, 6.07) is 9.98. The molecule has 1 N–H and O–H groups in total. The number of nitrogens with one attached hydrogen (secondary N) is 1. The number of aryl methyl sites for hydroxylation is 3. The van der Waals surface area contributed by atoms with Gasteiger partial charge in [0.05, 0.1) is 28.3 Å². The van der Waals surface area contributed by atoms with Crippen LogP contribution in [0.2, 0.25) is 0 Å². The van der Waals surface area contributed by atoms with E-state index < -0.39 is 10.0 Å². The SMILES string of the molecule is Cc1ccc(NS(=O)(=O)c2ccc3c(c2)sc(=O)n3CCC(=O)N2CCOCC2)cc1C. The maximum atomic E-state index is 12.9. The van der Waals surface area contributed by atoms with Crippen molar-refractivity contribution in [3.05, 3.63) is 57.2 Å². The maximum Gasteiger partial charge on any atom is 0.308 e. The zero-order chi connectivity index (χ0) is 22.9. The number of rotatable bonds is 6. The van der Waals surface area contributed by atoms with E-state index in [9.17, 15) is 18.0 Å². The number of anilines is 1. The van der Waals surface area contributed by atoms with Crippen molar-refractivity contribution >= 4 is 43.2 Å². The van der Waals surface area contributed by atoms with Crippen LogP contribution in [0.15, 0.2) is 46.1 Å². The number of carbonyl (C=O) groups excluding carboxylic acids is 1. The molecule has 0 unspecified atom stereocenters. The minimum Gasteiger partial charge on any atom is -0.378 e. The van der Waals surface area contributed by atoms with Crippen LogP contribution in [0.1, 0.15) is 17.5 Å². The molecule has 0 atom stereocenters. The lowest BCUT2D eigenvalue weighted by molar-refractivity contribution is -0.135. The number of benzene rings is 2. The number of amides is 1. The summed E-state index contributed by atoms with van der Waals surface area (Å²) in [5.74, 6) is -0.0173. The van der Waals surface area contributed by atoms with Crippen LogP contribution in [0, 0.1) is 13.8 Å². The van der Waals surface area contributed by atoms with Crippen molar-refractivity contribution in [2.45, 2.75) is 31.7 Å². The number of ether oxygens (including phenoxy) is 1. The van der Waals surface area contributed by atoms with E-state index in [4.69, 9.17) is 4.74 Å². The molecule has 1 amide bonds. The Morgan fingerprint density at radius 3 is 2.56 bits per heavy atom. The fourth-order valence-electron chi connectivity index (χ4n) is 3.62. The van der Waals surface area contributed by atoms with Crippen molar-refractivity contribution in [1.82, 2.24) is 9.47 Å². The van der Waals surface area contributed by atoms with E-state index in [2.05, 4.69) is 4.72 Å². The van der Waals surface area contributed by atoms with E-state index in [0.717, 1.165) is 22.5 Å². The Kier molecular flexibility index (Phi) is 6.36. The highest BCUT2D eigenvalue weighted by molar-refractivity contribution is 7.92. The van der Waals surface area contributed by atoms with E-state index in [1.807, 2.05) is 19.9 Å². The van der Waals surface area contributed by atoms with Crippen molar-refractivity contribution in [1.29, 1.82) is 0 Å². The second kappa shape index (κ2) is 9.05. The normalized spacial score (nSPS) is 14.6. The Hall–Kier alpha value is -2.69. The minimum absolute atomic E-state index is 0.0173. The summed E-state index contributed by atoms with van der Waals surface area (Å²) in [7, 11) is -3.81. The highest BCUT2D eigenvalue weighted by atomic mass is 32.2. The molecule has 1 aromatic heterocycles. The van der Waals surface area contributed by atoms with Crippen LogP contribution in [-0.4, -0.2) is 50.1 Å². The maximum absolute atomic E-state index is 12.9. The monoisotopic (exact) mass is 475 g/mol. The summed E-state index contributed by atoms with van der Waals surface area (Å²) >= 11 is 0.977. The van der Waals surface area contributed by atoms with E-state index in [0.29, 0.717) is 42.2 Å². The van der Waals surface area contributed by atoms with Crippen molar-refractivity contribution < 1.29 is 17.9 Å². The molecule has 32 heavy (non-hydrogen) atoms. The second-order valence-corrected chi connectivity index (χ2v) is 10.5. The molecule has 1 aliphatic rings.